The van der Waals surface area contributed by atoms with Gasteiger partial charge in [-0.15, -0.1) is 0 Å². The first-order chi connectivity index (χ1) is 6.61. The molecule has 1 aromatic rings. The third kappa shape index (κ3) is 1.68. The van der Waals surface area contributed by atoms with E-state index in [2.05, 4.69) is 4.98 Å². The quantitative estimate of drug-likeness (QED) is 0.538. The summed E-state index contributed by atoms with van der Waals surface area (Å²) in [4.78, 5) is 19.5. The van der Waals surface area contributed by atoms with Crippen molar-refractivity contribution in [3.05, 3.63) is 21.6 Å². The highest BCUT2D eigenvalue weighted by Gasteiger charge is 2.25. The van der Waals surface area contributed by atoms with Crippen molar-refractivity contribution in [3.8, 4) is 0 Å². The van der Waals surface area contributed by atoms with Crippen molar-refractivity contribution in [2.75, 3.05) is 6.61 Å². The minimum Gasteiger partial charge on any atom is -0.358 e. The molecular formula is C8H13N3O3. The number of aromatic nitrogens is 2. The van der Waals surface area contributed by atoms with Gasteiger partial charge in [0, 0.05) is 6.92 Å². The Morgan fingerprint density at radius 3 is 2.64 bits per heavy atom. The van der Waals surface area contributed by atoms with E-state index in [0.717, 1.165) is 0 Å². The van der Waals surface area contributed by atoms with Gasteiger partial charge in [-0.05, 0) is 23.0 Å². The average molecular weight is 199 g/mol. The second-order valence-electron chi connectivity index (χ2n) is 2.75. The van der Waals surface area contributed by atoms with Crippen molar-refractivity contribution in [2.24, 2.45) is 0 Å². The molecule has 0 spiro atoms. The lowest BCUT2D eigenvalue weighted by atomic mass is 10.3. The summed E-state index contributed by atoms with van der Waals surface area (Å²) in [6.45, 7) is 5.66. The summed E-state index contributed by atoms with van der Waals surface area (Å²) in [6, 6.07) is 0. The van der Waals surface area contributed by atoms with Crippen LogP contribution in [-0.4, -0.2) is 21.2 Å². The van der Waals surface area contributed by atoms with Crippen LogP contribution in [0.3, 0.4) is 0 Å². The van der Waals surface area contributed by atoms with E-state index in [4.69, 9.17) is 4.84 Å². The van der Waals surface area contributed by atoms with Crippen LogP contribution in [0, 0.1) is 17.0 Å². The molecule has 6 nitrogen and oxygen atoms in total. The average Bonchev–Trinajstić information content (AvgIpc) is 2.44. The Kier molecular flexibility index (Phi) is 3.06. The zero-order valence-corrected chi connectivity index (χ0v) is 8.48. The van der Waals surface area contributed by atoms with Gasteiger partial charge in [0.2, 0.25) is 5.82 Å². The maximum Gasteiger partial charge on any atom is 0.385 e. The third-order valence-electron chi connectivity index (χ3n) is 1.81. The van der Waals surface area contributed by atoms with Crippen molar-refractivity contribution in [1.82, 2.24) is 9.71 Å². The lowest BCUT2D eigenvalue weighted by molar-refractivity contribution is -0.397. The van der Waals surface area contributed by atoms with Crippen molar-refractivity contribution < 1.29 is 9.76 Å². The van der Waals surface area contributed by atoms with E-state index in [0.29, 0.717) is 24.5 Å². The molecule has 14 heavy (non-hydrogen) atoms. The molecule has 0 saturated heterocycles. The molecule has 0 saturated carbocycles. The standard InChI is InChI=1S/C8H13N3O3/c1-4-7-8(11(12)13)10(14-5-2)6(3)9-7/h4-5H2,1-3H3. The van der Waals surface area contributed by atoms with E-state index in [1.165, 1.54) is 4.73 Å². The second-order valence-corrected chi connectivity index (χ2v) is 2.75. The number of nitro groups is 1. The molecule has 0 amide bonds. The predicted octanol–water partition coefficient (Wildman–Crippen LogP) is 1.11. The molecule has 0 aromatic carbocycles. The number of hydrogen-bond acceptors (Lipinski definition) is 4. The first kappa shape index (κ1) is 10.5. The van der Waals surface area contributed by atoms with E-state index < -0.39 is 4.92 Å². The molecule has 1 rings (SSSR count). The van der Waals surface area contributed by atoms with Crippen LogP contribution in [0.5, 0.6) is 0 Å². The van der Waals surface area contributed by atoms with Crippen LogP contribution < -0.4 is 4.84 Å². The topological polar surface area (TPSA) is 70.2 Å². The Morgan fingerprint density at radius 2 is 2.21 bits per heavy atom. The summed E-state index contributed by atoms with van der Waals surface area (Å²) in [5.41, 5.74) is 0.459. The van der Waals surface area contributed by atoms with E-state index in [-0.39, 0.29) is 5.82 Å². The Morgan fingerprint density at radius 1 is 1.57 bits per heavy atom. The van der Waals surface area contributed by atoms with Crippen molar-refractivity contribution in [2.45, 2.75) is 27.2 Å². The Balaban J connectivity index is 3.23. The number of nitrogens with zero attached hydrogens (tertiary/aromatic N) is 3. The number of rotatable bonds is 4. The van der Waals surface area contributed by atoms with E-state index in [9.17, 15) is 10.1 Å². The highest BCUT2D eigenvalue weighted by atomic mass is 16.7. The van der Waals surface area contributed by atoms with Crippen LogP contribution in [0.25, 0.3) is 0 Å². The van der Waals surface area contributed by atoms with Crippen molar-refractivity contribution >= 4 is 5.82 Å². The molecule has 1 aromatic heterocycles. The molecule has 0 unspecified atom stereocenters. The molecule has 0 aliphatic carbocycles. The van der Waals surface area contributed by atoms with Gasteiger partial charge >= 0.3 is 5.82 Å². The van der Waals surface area contributed by atoms with Gasteiger partial charge in [-0.1, -0.05) is 6.92 Å². The molecule has 1 heterocycles. The van der Waals surface area contributed by atoms with Gasteiger partial charge in [-0.2, -0.15) is 0 Å². The molecule has 0 fully saturated rings. The van der Waals surface area contributed by atoms with E-state index in [1.54, 1.807) is 13.8 Å². The highest BCUT2D eigenvalue weighted by molar-refractivity contribution is 5.29. The normalized spacial score (nSPS) is 10.2. The van der Waals surface area contributed by atoms with Crippen LogP contribution in [0.4, 0.5) is 5.82 Å². The highest BCUT2D eigenvalue weighted by Crippen LogP contribution is 2.19. The van der Waals surface area contributed by atoms with Gasteiger partial charge in [-0.25, -0.2) is 4.98 Å². The van der Waals surface area contributed by atoms with Crippen LogP contribution in [0.1, 0.15) is 25.4 Å². The maximum absolute atomic E-state index is 10.8. The maximum atomic E-state index is 10.8. The van der Waals surface area contributed by atoms with Crippen molar-refractivity contribution in [3.63, 3.8) is 0 Å². The number of imidazole rings is 1. The van der Waals surface area contributed by atoms with Gasteiger partial charge in [-0.3, -0.25) is 0 Å². The first-order valence-electron chi connectivity index (χ1n) is 4.47. The Bertz CT molecular complexity index is 346. The molecule has 6 heteroatoms. The van der Waals surface area contributed by atoms with Crippen LogP contribution in [-0.2, 0) is 6.42 Å². The smallest absolute Gasteiger partial charge is 0.358 e. The minimum atomic E-state index is -0.464. The number of hydrogen-bond donors (Lipinski definition) is 0. The lowest BCUT2D eigenvalue weighted by Crippen LogP contribution is -2.15. The lowest BCUT2D eigenvalue weighted by Gasteiger charge is -2.00. The summed E-state index contributed by atoms with van der Waals surface area (Å²) in [6.07, 6.45) is 0.525. The van der Waals surface area contributed by atoms with E-state index in [1.807, 2.05) is 6.92 Å². The Labute approximate surface area is 81.6 Å². The largest absolute Gasteiger partial charge is 0.385 e. The minimum absolute atomic E-state index is 0.0631. The molecule has 0 N–H and O–H groups in total. The molecule has 0 aliphatic rings. The summed E-state index contributed by atoms with van der Waals surface area (Å²) in [5, 5.41) is 10.8. The second kappa shape index (κ2) is 4.08. The summed E-state index contributed by atoms with van der Waals surface area (Å²) in [5.74, 6) is 0.447. The van der Waals surface area contributed by atoms with Crippen molar-refractivity contribution in [1.29, 1.82) is 0 Å². The summed E-state index contributed by atoms with van der Waals surface area (Å²) in [7, 11) is 0. The zero-order valence-electron chi connectivity index (χ0n) is 8.48. The third-order valence-corrected chi connectivity index (χ3v) is 1.81. The van der Waals surface area contributed by atoms with Gasteiger partial charge in [0.05, 0.1) is 0 Å². The van der Waals surface area contributed by atoms with Crippen LogP contribution in [0.2, 0.25) is 0 Å². The molecular weight excluding hydrogens is 186 g/mol. The predicted molar refractivity (Wildman–Crippen MR) is 50.1 cm³/mol. The van der Waals surface area contributed by atoms with Gasteiger partial charge in [0.1, 0.15) is 12.3 Å². The zero-order chi connectivity index (χ0) is 10.7. The summed E-state index contributed by atoms with van der Waals surface area (Å²) < 4.78 is 1.18. The SMILES string of the molecule is CCOn1c(C)nc(CC)c1[N+](=O)[O-]. The molecule has 0 atom stereocenters. The Hall–Kier alpha value is -1.59. The fraction of sp³-hybridized carbons (Fsp3) is 0.625. The molecule has 0 aliphatic heterocycles. The summed E-state index contributed by atoms with van der Waals surface area (Å²) >= 11 is 0. The fourth-order valence-corrected chi connectivity index (χ4v) is 1.26. The van der Waals surface area contributed by atoms with Gasteiger partial charge < -0.3 is 15.0 Å². The molecule has 0 bridgehead atoms. The fourth-order valence-electron chi connectivity index (χ4n) is 1.26. The van der Waals surface area contributed by atoms with Crippen LogP contribution >= 0.6 is 0 Å². The molecule has 78 valence electrons. The van der Waals surface area contributed by atoms with Gasteiger partial charge in [0.15, 0.2) is 0 Å². The van der Waals surface area contributed by atoms with E-state index >= 15 is 0 Å². The first-order valence-corrected chi connectivity index (χ1v) is 4.47. The van der Waals surface area contributed by atoms with Crippen LogP contribution in [0.15, 0.2) is 0 Å². The number of aryl methyl sites for hydroxylation is 2. The monoisotopic (exact) mass is 199 g/mol. The molecule has 0 radical (unpaired) electrons. The van der Waals surface area contributed by atoms with Gasteiger partial charge in [0.25, 0.3) is 0 Å².